The van der Waals surface area contributed by atoms with Crippen molar-refractivity contribution in [3.05, 3.63) is 58.6 Å². The Balaban J connectivity index is 1.63. The van der Waals surface area contributed by atoms with Crippen molar-refractivity contribution < 1.29 is 18.1 Å². The van der Waals surface area contributed by atoms with Crippen molar-refractivity contribution in [2.75, 3.05) is 6.61 Å². The monoisotopic (exact) mass is 435 g/mol. The van der Waals surface area contributed by atoms with E-state index in [0.717, 1.165) is 6.42 Å². The second-order valence-corrected chi connectivity index (χ2v) is 8.05. The average Bonchev–Trinajstić information content (AvgIpc) is 3.54. The third-order valence-electron chi connectivity index (χ3n) is 5.87. The molecule has 9 nitrogen and oxygen atoms in total. The third-order valence-corrected chi connectivity index (χ3v) is 5.87. The van der Waals surface area contributed by atoms with Gasteiger partial charge in [0.05, 0.1) is 11.0 Å². The van der Waals surface area contributed by atoms with Crippen LogP contribution in [-0.2, 0) is 10.5 Å². The minimum Gasteiger partial charge on any atom is -0.456 e. The first-order chi connectivity index (χ1) is 15.4. The second-order valence-electron chi connectivity index (χ2n) is 8.05. The van der Waals surface area contributed by atoms with Gasteiger partial charge in [0.2, 0.25) is 5.82 Å². The topological polar surface area (TPSA) is 101 Å². The summed E-state index contributed by atoms with van der Waals surface area (Å²) in [4.78, 5) is 22.6. The Kier molecular flexibility index (Phi) is 3.91. The fourth-order valence-corrected chi connectivity index (χ4v) is 4.37. The van der Waals surface area contributed by atoms with Crippen LogP contribution >= 0.6 is 0 Å². The van der Waals surface area contributed by atoms with Crippen molar-refractivity contribution in [3.8, 4) is 23.2 Å². The molecule has 162 valence electrons. The minimum absolute atomic E-state index is 0.152. The van der Waals surface area contributed by atoms with Crippen LogP contribution < -0.4 is 5.56 Å². The van der Waals surface area contributed by atoms with Crippen LogP contribution in [0.3, 0.4) is 0 Å². The van der Waals surface area contributed by atoms with Gasteiger partial charge in [0.15, 0.2) is 5.76 Å². The lowest BCUT2D eigenvalue weighted by atomic mass is 10.1. The number of ether oxygens (including phenoxy) is 1. The summed E-state index contributed by atoms with van der Waals surface area (Å²) < 4.78 is 34.1. The zero-order valence-corrected chi connectivity index (χ0v) is 17.3. The summed E-state index contributed by atoms with van der Waals surface area (Å²) in [7, 11) is 0. The van der Waals surface area contributed by atoms with Gasteiger partial charge in [-0.05, 0) is 57.0 Å². The van der Waals surface area contributed by atoms with E-state index in [1.807, 2.05) is 13.8 Å². The first kappa shape index (κ1) is 18.9. The Bertz CT molecular complexity index is 1550. The van der Waals surface area contributed by atoms with Crippen molar-refractivity contribution in [3.63, 3.8) is 0 Å². The van der Waals surface area contributed by atoms with Crippen LogP contribution in [0, 0.1) is 12.7 Å². The predicted octanol–water partition coefficient (Wildman–Crippen LogP) is 3.89. The number of imidazole rings is 1. The van der Waals surface area contributed by atoms with Crippen LogP contribution in [0.5, 0.6) is 0 Å². The highest BCUT2D eigenvalue weighted by molar-refractivity contribution is 5.84. The van der Waals surface area contributed by atoms with Gasteiger partial charge in [0.25, 0.3) is 11.4 Å². The van der Waals surface area contributed by atoms with E-state index in [4.69, 9.17) is 13.7 Å². The van der Waals surface area contributed by atoms with Crippen molar-refractivity contribution >= 4 is 16.6 Å². The van der Waals surface area contributed by atoms with Gasteiger partial charge in [-0.3, -0.25) is 13.8 Å². The van der Waals surface area contributed by atoms with E-state index in [-0.39, 0.29) is 28.5 Å². The molecule has 1 fully saturated rings. The Morgan fingerprint density at radius 3 is 2.81 bits per heavy atom. The summed E-state index contributed by atoms with van der Waals surface area (Å²) in [6, 6.07) is 7.82. The van der Waals surface area contributed by atoms with E-state index in [2.05, 4.69) is 15.1 Å². The number of aromatic nitrogens is 5. The van der Waals surface area contributed by atoms with Crippen molar-refractivity contribution in [2.45, 2.75) is 32.4 Å². The Morgan fingerprint density at radius 1 is 1.19 bits per heavy atom. The molecule has 0 aliphatic carbocycles. The zero-order valence-electron chi connectivity index (χ0n) is 17.3. The van der Waals surface area contributed by atoms with Gasteiger partial charge >= 0.3 is 0 Å². The molecular formula is C22H18FN5O4. The van der Waals surface area contributed by atoms with E-state index in [1.54, 1.807) is 22.6 Å². The number of furan rings is 1. The van der Waals surface area contributed by atoms with Gasteiger partial charge in [0, 0.05) is 6.61 Å². The summed E-state index contributed by atoms with van der Waals surface area (Å²) in [5, 5.41) is 4.01. The molecule has 0 radical (unpaired) electrons. The smallest absolute Gasteiger partial charge is 0.293 e. The van der Waals surface area contributed by atoms with Gasteiger partial charge in [-0.1, -0.05) is 5.16 Å². The van der Waals surface area contributed by atoms with E-state index >= 15 is 0 Å². The summed E-state index contributed by atoms with van der Waals surface area (Å²) in [5.74, 6) is 1.03. The van der Waals surface area contributed by atoms with E-state index in [1.165, 1.54) is 23.0 Å². The molecule has 1 aliphatic rings. The first-order valence-electron chi connectivity index (χ1n) is 10.2. The molecule has 4 aromatic heterocycles. The fourth-order valence-electron chi connectivity index (χ4n) is 4.37. The van der Waals surface area contributed by atoms with Crippen molar-refractivity contribution in [1.82, 2.24) is 24.1 Å². The molecular weight excluding hydrogens is 417 g/mol. The first-order valence-corrected chi connectivity index (χ1v) is 10.2. The molecule has 1 aromatic carbocycles. The molecule has 5 aromatic rings. The highest BCUT2D eigenvalue weighted by Gasteiger charge is 2.36. The molecule has 0 spiro atoms. The fraction of sp³-hybridized carbons (Fsp3) is 0.273. The predicted molar refractivity (Wildman–Crippen MR) is 111 cm³/mol. The normalized spacial score (nSPS) is 18.8. The number of aryl methyl sites for hydroxylation is 1. The molecule has 0 N–H and O–H groups in total. The number of halogens is 1. The van der Waals surface area contributed by atoms with E-state index < -0.39 is 11.5 Å². The maximum Gasteiger partial charge on any atom is 0.293 e. The van der Waals surface area contributed by atoms with Crippen molar-refractivity contribution in [1.29, 1.82) is 0 Å². The molecule has 1 unspecified atom stereocenters. The van der Waals surface area contributed by atoms with E-state index in [0.29, 0.717) is 35.6 Å². The molecule has 32 heavy (non-hydrogen) atoms. The van der Waals surface area contributed by atoms with Crippen LogP contribution in [0.4, 0.5) is 4.39 Å². The SMILES string of the molecule is Cc1ccc(-c2nc(-c3ncn4c3c(=O)n(C3(C)CCCO3)c3cc(F)ccc34)no2)o1. The van der Waals surface area contributed by atoms with Gasteiger partial charge in [-0.15, -0.1) is 0 Å². The highest BCUT2D eigenvalue weighted by atomic mass is 19.1. The molecule has 1 atom stereocenters. The van der Waals surface area contributed by atoms with Crippen molar-refractivity contribution in [2.24, 2.45) is 0 Å². The molecule has 0 amide bonds. The number of rotatable bonds is 3. The Labute approximate surface area is 180 Å². The minimum atomic E-state index is -0.902. The lowest BCUT2D eigenvalue weighted by Gasteiger charge is -2.28. The Hall–Kier alpha value is -3.79. The number of fused-ring (bicyclic) bond motifs is 3. The highest BCUT2D eigenvalue weighted by Crippen LogP contribution is 2.33. The molecule has 5 heterocycles. The lowest BCUT2D eigenvalue weighted by Crippen LogP contribution is -2.39. The van der Waals surface area contributed by atoms with Gasteiger partial charge in [-0.2, -0.15) is 4.98 Å². The summed E-state index contributed by atoms with van der Waals surface area (Å²) in [6.07, 6.45) is 2.93. The van der Waals surface area contributed by atoms with E-state index in [9.17, 15) is 9.18 Å². The maximum absolute atomic E-state index is 14.2. The average molecular weight is 435 g/mol. The van der Waals surface area contributed by atoms with Crippen LogP contribution in [0.25, 0.3) is 39.7 Å². The number of benzene rings is 1. The third kappa shape index (κ3) is 2.65. The molecule has 0 saturated carbocycles. The number of nitrogens with zero attached hydrogens (tertiary/aromatic N) is 5. The van der Waals surface area contributed by atoms with Crippen LogP contribution in [0.2, 0.25) is 0 Å². The molecule has 10 heteroatoms. The van der Waals surface area contributed by atoms with Crippen LogP contribution in [-0.4, -0.2) is 30.7 Å². The molecule has 0 bridgehead atoms. The lowest BCUT2D eigenvalue weighted by molar-refractivity contribution is -0.0447. The Morgan fingerprint density at radius 2 is 2.06 bits per heavy atom. The maximum atomic E-state index is 14.2. The summed E-state index contributed by atoms with van der Waals surface area (Å²) >= 11 is 0. The molecule has 6 rings (SSSR count). The quantitative estimate of drug-likeness (QED) is 0.424. The molecule has 1 aliphatic heterocycles. The number of hydrogen-bond acceptors (Lipinski definition) is 7. The number of hydrogen-bond donors (Lipinski definition) is 0. The standard InChI is InChI=1S/C22H18FN5O4/c1-12-4-7-16(31-12)20-25-19(26-32-20)17-18-21(29)28(22(2)8-3-9-30-22)15-10-13(23)5-6-14(15)27(18)11-24-17/h4-7,10-11H,3,8-9H2,1-2H3. The summed E-state index contributed by atoms with van der Waals surface area (Å²) in [6.45, 7) is 4.17. The van der Waals surface area contributed by atoms with Crippen LogP contribution in [0.1, 0.15) is 25.5 Å². The van der Waals surface area contributed by atoms with Gasteiger partial charge in [0.1, 0.15) is 34.8 Å². The van der Waals surface area contributed by atoms with Gasteiger partial charge in [-0.25, -0.2) is 9.37 Å². The summed E-state index contributed by atoms with van der Waals surface area (Å²) in [5.41, 5.74) is 0.275. The largest absolute Gasteiger partial charge is 0.456 e. The molecule has 1 saturated heterocycles. The van der Waals surface area contributed by atoms with Gasteiger partial charge < -0.3 is 13.7 Å². The zero-order chi connectivity index (χ0) is 22.0. The second kappa shape index (κ2) is 6.60. The van der Waals surface area contributed by atoms with Crippen LogP contribution in [0.15, 0.2) is 50.4 Å².